The van der Waals surface area contributed by atoms with Crippen molar-refractivity contribution >= 4 is 40.4 Å². The van der Waals surface area contributed by atoms with Gasteiger partial charge in [-0.05, 0) is 67.4 Å². The number of carbonyl (C=O) groups is 1. The molecule has 5 rings (SSSR count). The summed E-state index contributed by atoms with van der Waals surface area (Å²) in [5.41, 5.74) is 3.96. The number of nitro groups is 1. The summed E-state index contributed by atoms with van der Waals surface area (Å²) < 4.78 is 40.5. The highest BCUT2D eigenvalue weighted by Gasteiger charge is 2.30. The zero-order valence-electron chi connectivity index (χ0n) is 25.3. The third-order valence-corrected chi connectivity index (χ3v) is 8.84. The van der Waals surface area contributed by atoms with Gasteiger partial charge in [0.05, 0.1) is 36.6 Å². The molecule has 0 atom stereocenters. The lowest BCUT2D eigenvalue weighted by atomic mass is 10.1. The third kappa shape index (κ3) is 8.48. The molecular formula is C32H28Cl2F3N7O3S. The topological polar surface area (TPSA) is 117 Å². The molecule has 0 saturated carbocycles. The first kappa shape index (κ1) is 34.8. The van der Waals surface area contributed by atoms with Gasteiger partial charge in [-0.3, -0.25) is 20.3 Å². The molecule has 3 heterocycles. The van der Waals surface area contributed by atoms with Crippen molar-refractivity contribution in [2.24, 2.45) is 0 Å². The number of thiophene rings is 1. The Bertz CT molecular complexity index is 1910. The summed E-state index contributed by atoms with van der Waals surface area (Å²) in [5.74, 6) is 5.51. The number of nitrogens with one attached hydrogen (secondary N) is 3. The van der Waals surface area contributed by atoms with Crippen molar-refractivity contribution in [3.63, 3.8) is 0 Å². The molecule has 0 unspecified atom stereocenters. The molecule has 2 aromatic heterocycles. The minimum Gasteiger partial charge on any atom is -0.370 e. The number of hydrogen-bond donors (Lipinski definition) is 3. The molecule has 3 N–H and O–H groups in total. The van der Waals surface area contributed by atoms with Gasteiger partial charge in [-0.1, -0.05) is 41.5 Å². The number of aromatic nitrogens is 2. The Hall–Kier alpha value is -4.55. The molecule has 1 amide bonds. The zero-order valence-corrected chi connectivity index (χ0v) is 27.7. The second-order valence-corrected chi connectivity index (χ2v) is 12.5. The lowest BCUT2D eigenvalue weighted by molar-refractivity contribution is -0.404. The van der Waals surface area contributed by atoms with Gasteiger partial charge in [0, 0.05) is 42.8 Å². The lowest BCUT2D eigenvalue weighted by Gasteiger charge is -2.26. The van der Waals surface area contributed by atoms with Crippen LogP contribution in [0.25, 0.3) is 16.3 Å². The highest BCUT2D eigenvalue weighted by molar-refractivity contribution is 7.16. The Balaban J connectivity index is 1.61. The smallest absolute Gasteiger partial charge is 0.370 e. The largest absolute Gasteiger partial charge is 0.416 e. The molecule has 2 aromatic carbocycles. The van der Waals surface area contributed by atoms with E-state index >= 15 is 0 Å². The standard InChI is InChI=1S/C32H28Cl2F3N7O3S/c1-38-28(19-43(46)47)39-18-24-29(31(45)41-42-15-3-2-4-16-42)40-44(26-13-10-22(33)17-25(26)34)30(24)27-14-12-23(48-27)11-7-20-5-8-21(9-6-20)32(35,36)37/h5-6,8-10,12-14,17,19,38-39H,2-4,15-16,18H2,1H3,(H,41,45). The average Bonchev–Trinajstić information content (AvgIpc) is 3.67. The minimum atomic E-state index is -4.45. The highest BCUT2D eigenvalue weighted by atomic mass is 35.5. The summed E-state index contributed by atoms with van der Waals surface area (Å²) in [6.07, 6.45) is -0.760. The number of hydrogen-bond acceptors (Lipinski definition) is 8. The fourth-order valence-electron chi connectivity index (χ4n) is 4.98. The maximum atomic E-state index is 13.8. The number of piperidine rings is 1. The van der Waals surface area contributed by atoms with Crippen molar-refractivity contribution in [1.29, 1.82) is 0 Å². The molecule has 1 fully saturated rings. The van der Waals surface area contributed by atoms with Gasteiger partial charge in [0.2, 0.25) is 0 Å². The second-order valence-electron chi connectivity index (χ2n) is 10.6. The van der Waals surface area contributed by atoms with E-state index in [4.69, 9.17) is 28.3 Å². The monoisotopic (exact) mass is 717 g/mol. The molecule has 48 heavy (non-hydrogen) atoms. The molecular weight excluding hydrogens is 690 g/mol. The first-order valence-corrected chi connectivity index (χ1v) is 16.2. The van der Waals surface area contributed by atoms with Crippen LogP contribution in [0.1, 0.15) is 51.3 Å². The number of benzene rings is 2. The Morgan fingerprint density at radius 3 is 2.46 bits per heavy atom. The third-order valence-electron chi connectivity index (χ3n) is 7.29. The van der Waals surface area contributed by atoms with Crippen LogP contribution >= 0.6 is 34.5 Å². The Kier molecular flexibility index (Phi) is 11.0. The van der Waals surface area contributed by atoms with Crippen molar-refractivity contribution < 1.29 is 22.9 Å². The first-order valence-electron chi connectivity index (χ1n) is 14.6. The van der Waals surface area contributed by atoms with Crippen LogP contribution < -0.4 is 16.1 Å². The second kappa shape index (κ2) is 15.1. The van der Waals surface area contributed by atoms with Crippen LogP contribution in [0.5, 0.6) is 0 Å². The predicted octanol–water partition coefficient (Wildman–Crippen LogP) is 6.84. The molecule has 250 valence electrons. The Labute approximate surface area is 287 Å². The van der Waals surface area contributed by atoms with Crippen molar-refractivity contribution in [1.82, 2.24) is 30.8 Å². The van der Waals surface area contributed by atoms with Crippen LogP contribution in [-0.2, 0) is 12.7 Å². The van der Waals surface area contributed by atoms with E-state index in [1.807, 2.05) is 5.01 Å². The van der Waals surface area contributed by atoms with E-state index < -0.39 is 22.6 Å². The van der Waals surface area contributed by atoms with E-state index in [1.165, 1.54) is 35.2 Å². The van der Waals surface area contributed by atoms with Crippen LogP contribution in [0, 0.1) is 22.0 Å². The summed E-state index contributed by atoms with van der Waals surface area (Å²) in [7, 11) is 1.52. The number of rotatable bonds is 9. The molecule has 0 radical (unpaired) electrons. The molecule has 10 nitrogen and oxygen atoms in total. The van der Waals surface area contributed by atoms with Gasteiger partial charge < -0.3 is 10.6 Å². The van der Waals surface area contributed by atoms with Gasteiger partial charge in [-0.25, -0.2) is 9.69 Å². The summed E-state index contributed by atoms with van der Waals surface area (Å²) >= 11 is 14.1. The van der Waals surface area contributed by atoms with E-state index in [0.29, 0.717) is 50.4 Å². The summed E-state index contributed by atoms with van der Waals surface area (Å²) in [5, 5.41) is 24.2. The molecule has 0 spiro atoms. The van der Waals surface area contributed by atoms with Crippen LogP contribution in [0.3, 0.4) is 0 Å². The number of hydrazine groups is 1. The van der Waals surface area contributed by atoms with E-state index in [2.05, 4.69) is 27.9 Å². The van der Waals surface area contributed by atoms with Crippen LogP contribution in [0.2, 0.25) is 10.0 Å². The van der Waals surface area contributed by atoms with Gasteiger partial charge in [0.15, 0.2) is 11.5 Å². The normalized spacial score (nSPS) is 13.8. The van der Waals surface area contributed by atoms with Gasteiger partial charge in [0.1, 0.15) is 0 Å². The van der Waals surface area contributed by atoms with Gasteiger partial charge in [-0.2, -0.15) is 18.3 Å². The first-order chi connectivity index (χ1) is 22.9. The van der Waals surface area contributed by atoms with Crippen LogP contribution in [0.15, 0.2) is 66.6 Å². The van der Waals surface area contributed by atoms with Crippen molar-refractivity contribution in [3.05, 3.63) is 114 Å². The minimum absolute atomic E-state index is 0.0473. The Morgan fingerprint density at radius 1 is 1.08 bits per heavy atom. The number of carbonyl (C=O) groups excluding carboxylic acids is 1. The fourth-order valence-corrected chi connectivity index (χ4v) is 6.39. The van der Waals surface area contributed by atoms with Gasteiger partial charge in [0.25, 0.3) is 12.1 Å². The summed E-state index contributed by atoms with van der Waals surface area (Å²) in [6.45, 7) is 1.31. The maximum absolute atomic E-state index is 13.8. The quantitative estimate of drug-likeness (QED) is 0.0986. The highest BCUT2D eigenvalue weighted by Crippen LogP contribution is 2.37. The van der Waals surface area contributed by atoms with E-state index in [9.17, 15) is 28.1 Å². The van der Waals surface area contributed by atoms with Crippen molar-refractivity contribution in [3.8, 4) is 28.1 Å². The van der Waals surface area contributed by atoms with Crippen LogP contribution in [0.4, 0.5) is 13.2 Å². The summed E-state index contributed by atoms with van der Waals surface area (Å²) in [6, 6.07) is 12.9. The Morgan fingerprint density at radius 2 is 1.81 bits per heavy atom. The molecule has 0 aliphatic carbocycles. The number of nitrogens with zero attached hydrogens (tertiary/aromatic N) is 4. The van der Waals surface area contributed by atoms with Gasteiger partial charge in [-0.15, -0.1) is 11.3 Å². The molecule has 0 bridgehead atoms. The van der Waals surface area contributed by atoms with Crippen LogP contribution in [-0.4, -0.2) is 45.8 Å². The zero-order chi connectivity index (χ0) is 34.4. The van der Waals surface area contributed by atoms with Gasteiger partial charge >= 0.3 is 6.18 Å². The number of halogens is 5. The lowest BCUT2D eigenvalue weighted by Crippen LogP contribution is -2.45. The van der Waals surface area contributed by atoms with Crippen molar-refractivity contribution in [2.45, 2.75) is 32.0 Å². The average molecular weight is 719 g/mol. The predicted molar refractivity (Wildman–Crippen MR) is 178 cm³/mol. The van der Waals surface area contributed by atoms with E-state index in [1.54, 1.807) is 30.3 Å². The van der Waals surface area contributed by atoms with E-state index in [-0.39, 0.29) is 23.1 Å². The summed E-state index contributed by atoms with van der Waals surface area (Å²) in [4.78, 5) is 25.6. The molecule has 1 aliphatic rings. The molecule has 1 aliphatic heterocycles. The molecule has 1 saturated heterocycles. The molecule has 4 aromatic rings. The number of alkyl halides is 3. The van der Waals surface area contributed by atoms with E-state index in [0.717, 1.165) is 37.6 Å². The fraction of sp³-hybridized carbons (Fsp3) is 0.250. The number of amides is 1. The molecule has 16 heteroatoms. The SMILES string of the molecule is CNC(=C[N+](=O)[O-])NCc1c(C(=O)NN2CCCCC2)nn(-c2ccc(Cl)cc2Cl)c1-c1ccc(C#Cc2ccc(C(F)(F)F)cc2)s1. The maximum Gasteiger partial charge on any atom is 0.416 e. The van der Waals surface area contributed by atoms with Crippen molar-refractivity contribution in [2.75, 3.05) is 20.1 Å².